The lowest BCUT2D eigenvalue weighted by Crippen LogP contribution is -2.09. The molecule has 1 heterocycles. The van der Waals surface area contributed by atoms with E-state index in [2.05, 4.69) is 0 Å². The van der Waals surface area contributed by atoms with Crippen LogP contribution in [-0.4, -0.2) is 17.3 Å². The average Bonchev–Trinajstić information content (AvgIpc) is 2.76. The summed E-state index contributed by atoms with van der Waals surface area (Å²) in [7, 11) is 1.57. The first-order chi connectivity index (χ1) is 16.1. The number of ether oxygens (including phenoxy) is 1. The van der Waals surface area contributed by atoms with Crippen LogP contribution in [0.4, 0.5) is 0 Å². The Balaban J connectivity index is 2.51. The quantitative estimate of drug-likeness (QED) is 0.295. The summed E-state index contributed by atoms with van der Waals surface area (Å²) in [6.45, 7) is 11.8. The van der Waals surface area contributed by atoms with Crippen molar-refractivity contribution in [2.75, 3.05) is 7.11 Å². The van der Waals surface area contributed by atoms with Crippen LogP contribution in [0.25, 0.3) is 21.9 Å². The zero-order chi connectivity index (χ0) is 25.2. The summed E-state index contributed by atoms with van der Waals surface area (Å²) in [5.41, 5.74) is 5.03. The molecule has 0 amide bonds. The van der Waals surface area contributed by atoms with Crippen LogP contribution in [0.3, 0.4) is 0 Å². The van der Waals surface area contributed by atoms with Crippen LogP contribution in [0.1, 0.15) is 58.2 Å². The Morgan fingerprint density at radius 2 is 1.32 bits per heavy atom. The summed E-state index contributed by atoms with van der Waals surface area (Å²) in [5, 5.41) is 22.8. The molecule has 0 saturated heterocycles. The zero-order valence-corrected chi connectivity index (χ0v) is 21.1. The topological polar surface area (TPSA) is 79.9 Å². The average molecular weight is 463 g/mol. The van der Waals surface area contributed by atoms with E-state index in [0.717, 1.165) is 16.7 Å². The third-order valence-corrected chi connectivity index (χ3v) is 5.86. The third-order valence-electron chi connectivity index (χ3n) is 5.86. The van der Waals surface area contributed by atoms with Crippen molar-refractivity contribution in [1.82, 2.24) is 0 Å². The standard InChI is InChI=1S/C29H34O5/c1-16(2)8-11-19-22(33-7)14-15-23-24(19)28(32)25-27(31)20(12-9-17(3)4)26(30)21(29(25)34-23)13-10-18(5)6/h8-10,14-15,30-31H,11-13H2,1-7H3. The summed E-state index contributed by atoms with van der Waals surface area (Å²) in [6, 6.07) is 3.49. The molecular formula is C29H34O5. The van der Waals surface area contributed by atoms with Crippen LogP contribution in [-0.2, 0) is 19.3 Å². The number of rotatable bonds is 7. The lowest BCUT2D eigenvalue weighted by Gasteiger charge is -2.16. The van der Waals surface area contributed by atoms with Gasteiger partial charge < -0.3 is 19.4 Å². The summed E-state index contributed by atoms with van der Waals surface area (Å²) in [5.74, 6) is 0.308. The second-order valence-electron chi connectivity index (χ2n) is 9.37. The van der Waals surface area contributed by atoms with Gasteiger partial charge in [0.25, 0.3) is 0 Å². The van der Waals surface area contributed by atoms with Crippen molar-refractivity contribution in [3.63, 3.8) is 0 Å². The summed E-state index contributed by atoms with van der Waals surface area (Å²) in [6.07, 6.45) is 7.08. The fraction of sp³-hybridized carbons (Fsp3) is 0.345. The monoisotopic (exact) mass is 462 g/mol. The van der Waals surface area contributed by atoms with Gasteiger partial charge in [0.1, 0.15) is 33.8 Å². The summed E-state index contributed by atoms with van der Waals surface area (Å²) < 4.78 is 11.8. The largest absolute Gasteiger partial charge is 0.507 e. The van der Waals surface area contributed by atoms with Gasteiger partial charge in [-0.2, -0.15) is 0 Å². The minimum atomic E-state index is -0.332. The van der Waals surface area contributed by atoms with Gasteiger partial charge in [0.05, 0.1) is 12.5 Å². The molecule has 0 unspecified atom stereocenters. The second-order valence-corrected chi connectivity index (χ2v) is 9.37. The van der Waals surface area contributed by atoms with Crippen LogP contribution in [0.5, 0.6) is 17.2 Å². The van der Waals surface area contributed by atoms with Crippen molar-refractivity contribution in [2.45, 2.75) is 60.8 Å². The number of phenolic OH excluding ortho intramolecular Hbond substituents is 2. The Morgan fingerprint density at radius 1 is 0.794 bits per heavy atom. The molecule has 5 nitrogen and oxygen atoms in total. The van der Waals surface area contributed by atoms with Crippen molar-refractivity contribution < 1.29 is 19.4 Å². The van der Waals surface area contributed by atoms with E-state index in [-0.39, 0.29) is 27.9 Å². The van der Waals surface area contributed by atoms with E-state index in [4.69, 9.17) is 9.15 Å². The molecule has 3 aromatic rings. The molecule has 2 N–H and O–H groups in total. The van der Waals surface area contributed by atoms with Gasteiger partial charge in [-0.15, -0.1) is 0 Å². The smallest absolute Gasteiger partial charge is 0.204 e. The van der Waals surface area contributed by atoms with Crippen LogP contribution < -0.4 is 10.2 Å². The molecule has 0 saturated carbocycles. The molecule has 0 spiro atoms. The molecule has 0 aliphatic carbocycles. The predicted molar refractivity (Wildman–Crippen MR) is 139 cm³/mol. The van der Waals surface area contributed by atoms with Gasteiger partial charge in [-0.3, -0.25) is 4.79 Å². The van der Waals surface area contributed by atoms with Gasteiger partial charge in [-0.1, -0.05) is 34.9 Å². The molecule has 0 radical (unpaired) electrons. The van der Waals surface area contributed by atoms with E-state index >= 15 is 0 Å². The van der Waals surface area contributed by atoms with E-state index in [1.165, 1.54) is 0 Å². The number of benzene rings is 2. The number of hydrogen-bond donors (Lipinski definition) is 2. The zero-order valence-electron chi connectivity index (χ0n) is 21.1. The number of methoxy groups -OCH3 is 1. The van der Waals surface area contributed by atoms with Gasteiger partial charge >= 0.3 is 0 Å². The molecule has 3 rings (SSSR count). The molecule has 0 aliphatic heterocycles. The highest BCUT2D eigenvalue weighted by Gasteiger charge is 2.25. The molecular weight excluding hydrogens is 428 g/mol. The number of allylic oxidation sites excluding steroid dienone is 6. The Morgan fingerprint density at radius 3 is 1.85 bits per heavy atom. The number of hydrogen-bond acceptors (Lipinski definition) is 5. The van der Waals surface area contributed by atoms with E-state index < -0.39 is 0 Å². The van der Waals surface area contributed by atoms with Crippen LogP contribution in [0.2, 0.25) is 0 Å². The fourth-order valence-electron chi connectivity index (χ4n) is 4.01. The normalized spacial score (nSPS) is 10.9. The Labute approximate surface area is 200 Å². The van der Waals surface area contributed by atoms with Gasteiger partial charge in [0, 0.05) is 16.7 Å². The second kappa shape index (κ2) is 10.2. The van der Waals surface area contributed by atoms with E-state index in [1.807, 2.05) is 59.8 Å². The van der Waals surface area contributed by atoms with Gasteiger partial charge in [-0.25, -0.2) is 0 Å². The van der Waals surface area contributed by atoms with Crippen LogP contribution >= 0.6 is 0 Å². The van der Waals surface area contributed by atoms with Crippen LogP contribution in [0.15, 0.2) is 56.3 Å². The lowest BCUT2D eigenvalue weighted by molar-refractivity contribution is 0.411. The van der Waals surface area contributed by atoms with Crippen molar-refractivity contribution in [1.29, 1.82) is 0 Å². The minimum Gasteiger partial charge on any atom is -0.507 e. The number of aromatic hydroxyl groups is 2. The molecule has 5 heteroatoms. The molecule has 0 bridgehead atoms. The molecule has 2 aromatic carbocycles. The minimum absolute atomic E-state index is 0.0409. The van der Waals surface area contributed by atoms with Crippen molar-refractivity contribution >= 4 is 21.9 Å². The van der Waals surface area contributed by atoms with E-state index in [9.17, 15) is 15.0 Å². The first kappa shape index (κ1) is 25.2. The number of fused-ring (bicyclic) bond motifs is 2. The highest BCUT2D eigenvalue weighted by Crippen LogP contribution is 2.41. The lowest BCUT2D eigenvalue weighted by atomic mass is 9.95. The van der Waals surface area contributed by atoms with Gasteiger partial charge in [-0.05, 0) is 72.9 Å². The Hall–Kier alpha value is -3.47. The maximum Gasteiger partial charge on any atom is 0.204 e. The molecule has 180 valence electrons. The number of phenols is 2. The summed E-state index contributed by atoms with van der Waals surface area (Å²) in [4.78, 5) is 13.9. The molecule has 34 heavy (non-hydrogen) atoms. The molecule has 0 aliphatic rings. The maximum atomic E-state index is 13.9. The Bertz CT molecular complexity index is 1390. The molecule has 0 fully saturated rings. The maximum absolute atomic E-state index is 13.9. The molecule has 0 atom stereocenters. The predicted octanol–water partition coefficient (Wildman–Crippen LogP) is 6.89. The first-order valence-electron chi connectivity index (χ1n) is 11.5. The third kappa shape index (κ3) is 4.89. The van der Waals surface area contributed by atoms with E-state index in [0.29, 0.717) is 52.7 Å². The first-order valence-corrected chi connectivity index (χ1v) is 11.5. The molecule has 1 aromatic heterocycles. The highest BCUT2D eigenvalue weighted by atomic mass is 16.5. The fourth-order valence-corrected chi connectivity index (χ4v) is 4.01. The van der Waals surface area contributed by atoms with Crippen molar-refractivity contribution in [3.05, 3.63) is 74.0 Å². The summed E-state index contributed by atoms with van der Waals surface area (Å²) >= 11 is 0. The SMILES string of the molecule is COc1ccc2oc3c(CC=C(C)C)c(O)c(CC=C(C)C)c(O)c3c(=O)c2c1CC=C(C)C. The van der Waals surface area contributed by atoms with E-state index in [1.54, 1.807) is 19.2 Å². The van der Waals surface area contributed by atoms with Crippen molar-refractivity contribution in [3.8, 4) is 17.2 Å². The van der Waals surface area contributed by atoms with Gasteiger partial charge in [0.15, 0.2) is 0 Å². The Kier molecular flexibility index (Phi) is 7.55. The van der Waals surface area contributed by atoms with Crippen LogP contribution in [0, 0.1) is 0 Å². The van der Waals surface area contributed by atoms with Crippen molar-refractivity contribution in [2.24, 2.45) is 0 Å². The van der Waals surface area contributed by atoms with Gasteiger partial charge in [0.2, 0.25) is 5.43 Å². The highest BCUT2D eigenvalue weighted by molar-refractivity contribution is 5.98.